The molecule has 2 aromatic carbocycles. The molecule has 0 saturated carbocycles. The number of hydrogen-bond acceptors (Lipinski definition) is 5. The zero-order valence-corrected chi connectivity index (χ0v) is 17.3. The second-order valence-electron chi connectivity index (χ2n) is 7.24. The smallest absolute Gasteiger partial charge is 0.260 e. The van der Waals surface area contributed by atoms with Gasteiger partial charge in [0, 0.05) is 44.3 Å². The number of piperazine rings is 1. The predicted octanol–water partition coefficient (Wildman–Crippen LogP) is 2.92. The summed E-state index contributed by atoms with van der Waals surface area (Å²) in [6.45, 7) is 4.79. The number of aryl methyl sites for hydroxylation is 1. The number of imidazole rings is 1. The van der Waals surface area contributed by atoms with Crippen LogP contribution in [0.1, 0.15) is 5.56 Å². The van der Waals surface area contributed by atoms with E-state index in [9.17, 15) is 4.79 Å². The number of nitrogens with zero attached hydrogens (tertiary/aromatic N) is 4. The summed E-state index contributed by atoms with van der Waals surface area (Å²) < 4.78 is 13.0. The van der Waals surface area contributed by atoms with Crippen LogP contribution in [0.2, 0.25) is 0 Å². The van der Waals surface area contributed by atoms with E-state index in [-0.39, 0.29) is 12.5 Å². The van der Waals surface area contributed by atoms with Crippen molar-refractivity contribution in [1.29, 1.82) is 0 Å². The van der Waals surface area contributed by atoms with Crippen molar-refractivity contribution in [1.82, 2.24) is 14.5 Å². The molecule has 0 bridgehead atoms. The predicted molar refractivity (Wildman–Crippen MR) is 116 cm³/mol. The van der Waals surface area contributed by atoms with Gasteiger partial charge in [0.05, 0.1) is 7.11 Å². The molecule has 0 atom stereocenters. The Labute approximate surface area is 176 Å². The first kappa shape index (κ1) is 19.8. The van der Waals surface area contributed by atoms with Crippen molar-refractivity contribution in [2.24, 2.45) is 0 Å². The van der Waals surface area contributed by atoms with E-state index in [4.69, 9.17) is 9.47 Å². The molecule has 30 heavy (non-hydrogen) atoms. The number of amides is 1. The van der Waals surface area contributed by atoms with E-state index in [0.29, 0.717) is 24.6 Å². The third kappa shape index (κ3) is 4.25. The van der Waals surface area contributed by atoms with Crippen LogP contribution >= 0.6 is 0 Å². The SMILES string of the molecule is COc1ccccc1OCC(=O)N1CCN(c2nccn2-c2ccc(C)cc2)CC1. The van der Waals surface area contributed by atoms with E-state index in [2.05, 4.69) is 45.6 Å². The highest BCUT2D eigenvalue weighted by atomic mass is 16.5. The number of hydrogen-bond donors (Lipinski definition) is 0. The molecule has 0 aliphatic carbocycles. The van der Waals surface area contributed by atoms with Crippen LogP contribution in [0.4, 0.5) is 5.95 Å². The van der Waals surface area contributed by atoms with Gasteiger partial charge >= 0.3 is 0 Å². The second kappa shape index (κ2) is 8.90. The van der Waals surface area contributed by atoms with E-state index in [0.717, 1.165) is 24.7 Å². The molecule has 2 heterocycles. The lowest BCUT2D eigenvalue weighted by Gasteiger charge is -2.35. The van der Waals surface area contributed by atoms with Crippen LogP contribution in [-0.4, -0.2) is 60.3 Å². The van der Waals surface area contributed by atoms with E-state index in [1.165, 1.54) is 5.56 Å². The zero-order chi connectivity index (χ0) is 20.9. The van der Waals surface area contributed by atoms with E-state index >= 15 is 0 Å². The van der Waals surface area contributed by atoms with Gasteiger partial charge < -0.3 is 19.3 Å². The molecule has 0 N–H and O–H groups in total. The molecule has 7 nitrogen and oxygen atoms in total. The number of ether oxygens (including phenoxy) is 2. The minimum Gasteiger partial charge on any atom is -0.493 e. The summed E-state index contributed by atoms with van der Waals surface area (Å²) in [5.41, 5.74) is 2.31. The molecule has 1 aliphatic heterocycles. The van der Waals surface area contributed by atoms with E-state index < -0.39 is 0 Å². The summed E-state index contributed by atoms with van der Waals surface area (Å²) in [7, 11) is 1.59. The van der Waals surface area contributed by atoms with Crippen molar-refractivity contribution in [2.75, 3.05) is 44.8 Å². The van der Waals surface area contributed by atoms with Crippen LogP contribution in [0.25, 0.3) is 5.69 Å². The van der Waals surface area contributed by atoms with Crippen LogP contribution < -0.4 is 14.4 Å². The van der Waals surface area contributed by atoms with Crippen molar-refractivity contribution in [2.45, 2.75) is 6.92 Å². The summed E-state index contributed by atoms with van der Waals surface area (Å²) in [4.78, 5) is 21.2. The number of anilines is 1. The molecule has 1 aromatic heterocycles. The number of rotatable bonds is 6. The van der Waals surface area contributed by atoms with Crippen LogP contribution in [-0.2, 0) is 4.79 Å². The number of para-hydroxylation sites is 2. The van der Waals surface area contributed by atoms with Crippen molar-refractivity contribution in [3.63, 3.8) is 0 Å². The quantitative estimate of drug-likeness (QED) is 0.630. The number of carbonyl (C=O) groups excluding carboxylic acids is 1. The minimum atomic E-state index is -0.0255. The monoisotopic (exact) mass is 406 g/mol. The molecule has 4 rings (SSSR count). The topological polar surface area (TPSA) is 59.8 Å². The van der Waals surface area contributed by atoms with Gasteiger partial charge in [-0.05, 0) is 31.2 Å². The summed E-state index contributed by atoms with van der Waals surface area (Å²) in [5.74, 6) is 2.07. The van der Waals surface area contributed by atoms with Crippen molar-refractivity contribution < 1.29 is 14.3 Å². The van der Waals surface area contributed by atoms with Crippen molar-refractivity contribution >= 4 is 11.9 Å². The van der Waals surface area contributed by atoms with E-state index in [1.54, 1.807) is 13.2 Å². The fourth-order valence-electron chi connectivity index (χ4n) is 3.56. The highest BCUT2D eigenvalue weighted by molar-refractivity contribution is 5.78. The summed E-state index contributed by atoms with van der Waals surface area (Å²) in [6, 6.07) is 15.7. The Hall–Kier alpha value is -3.48. The second-order valence-corrected chi connectivity index (χ2v) is 7.24. The Morgan fingerprint density at radius 3 is 2.40 bits per heavy atom. The third-order valence-electron chi connectivity index (χ3n) is 5.27. The van der Waals surface area contributed by atoms with Crippen LogP contribution in [0.5, 0.6) is 11.5 Å². The fraction of sp³-hybridized carbons (Fsp3) is 0.304. The van der Waals surface area contributed by atoms with Gasteiger partial charge in [-0.2, -0.15) is 0 Å². The number of benzene rings is 2. The van der Waals surface area contributed by atoms with Gasteiger partial charge in [0.25, 0.3) is 5.91 Å². The van der Waals surface area contributed by atoms with E-state index in [1.807, 2.05) is 35.5 Å². The molecular formula is C23H26N4O3. The zero-order valence-electron chi connectivity index (χ0n) is 17.3. The van der Waals surface area contributed by atoms with Crippen LogP contribution in [0.3, 0.4) is 0 Å². The molecule has 156 valence electrons. The molecule has 0 radical (unpaired) electrons. The maximum Gasteiger partial charge on any atom is 0.260 e. The fourth-order valence-corrected chi connectivity index (χ4v) is 3.56. The van der Waals surface area contributed by atoms with Gasteiger partial charge in [-0.1, -0.05) is 29.8 Å². The van der Waals surface area contributed by atoms with Gasteiger partial charge in [-0.15, -0.1) is 0 Å². The van der Waals surface area contributed by atoms with Crippen LogP contribution in [0, 0.1) is 6.92 Å². The summed E-state index contributed by atoms with van der Waals surface area (Å²) in [6.07, 6.45) is 3.78. The van der Waals surface area contributed by atoms with Gasteiger partial charge in [0.15, 0.2) is 18.1 Å². The number of methoxy groups -OCH3 is 1. The summed E-state index contributed by atoms with van der Waals surface area (Å²) in [5, 5.41) is 0. The van der Waals surface area contributed by atoms with Crippen molar-refractivity contribution in [3.8, 4) is 17.2 Å². The molecule has 7 heteroatoms. The van der Waals surface area contributed by atoms with Gasteiger partial charge in [0.2, 0.25) is 5.95 Å². The first-order valence-electron chi connectivity index (χ1n) is 10.0. The van der Waals surface area contributed by atoms with Gasteiger partial charge in [0.1, 0.15) is 0 Å². The molecule has 1 fully saturated rings. The Morgan fingerprint density at radius 1 is 1.00 bits per heavy atom. The molecular weight excluding hydrogens is 380 g/mol. The Balaban J connectivity index is 1.35. The third-order valence-corrected chi connectivity index (χ3v) is 5.27. The lowest BCUT2D eigenvalue weighted by molar-refractivity contribution is -0.133. The lowest BCUT2D eigenvalue weighted by Crippen LogP contribution is -2.50. The summed E-state index contributed by atoms with van der Waals surface area (Å²) >= 11 is 0. The maximum atomic E-state index is 12.6. The lowest BCUT2D eigenvalue weighted by atomic mass is 10.2. The minimum absolute atomic E-state index is 0.00162. The normalized spacial score (nSPS) is 13.9. The highest BCUT2D eigenvalue weighted by Gasteiger charge is 2.24. The average molecular weight is 406 g/mol. The molecule has 3 aromatic rings. The Bertz CT molecular complexity index is 992. The van der Waals surface area contributed by atoms with Crippen LogP contribution in [0.15, 0.2) is 60.9 Å². The largest absolute Gasteiger partial charge is 0.493 e. The Morgan fingerprint density at radius 2 is 1.70 bits per heavy atom. The molecule has 1 aliphatic rings. The highest BCUT2D eigenvalue weighted by Crippen LogP contribution is 2.26. The standard InChI is InChI=1S/C23H26N4O3/c1-18-7-9-19(10-8-18)27-12-11-24-23(27)26-15-13-25(14-16-26)22(28)17-30-21-6-4-3-5-20(21)29-2/h3-12H,13-17H2,1-2H3. The van der Waals surface area contributed by atoms with Crippen molar-refractivity contribution in [3.05, 3.63) is 66.5 Å². The number of aromatic nitrogens is 2. The first-order chi connectivity index (χ1) is 14.7. The average Bonchev–Trinajstić information content (AvgIpc) is 3.28. The molecule has 0 spiro atoms. The first-order valence-corrected chi connectivity index (χ1v) is 10.0. The number of carbonyl (C=O) groups is 1. The Kier molecular flexibility index (Phi) is 5.88. The van der Waals surface area contributed by atoms with Gasteiger partial charge in [-0.3, -0.25) is 9.36 Å². The maximum absolute atomic E-state index is 12.6. The molecule has 1 saturated heterocycles. The van der Waals surface area contributed by atoms with Gasteiger partial charge in [-0.25, -0.2) is 4.98 Å². The molecule has 1 amide bonds. The molecule has 0 unspecified atom stereocenters.